The van der Waals surface area contributed by atoms with Crippen molar-refractivity contribution in [2.45, 2.75) is 25.7 Å². The molecule has 0 aliphatic heterocycles. The highest BCUT2D eigenvalue weighted by atomic mass is 19.1. The molecule has 98 valence electrons. The van der Waals surface area contributed by atoms with E-state index in [9.17, 15) is 4.39 Å². The molecule has 1 aromatic heterocycles. The molecule has 1 N–H and O–H groups in total. The molecule has 1 saturated carbocycles. The average Bonchev–Trinajstić information content (AvgIpc) is 3.25. The van der Waals surface area contributed by atoms with Crippen LogP contribution in [0.4, 0.5) is 10.2 Å². The Kier molecular flexibility index (Phi) is 2.93. The first-order valence-electron chi connectivity index (χ1n) is 6.50. The van der Waals surface area contributed by atoms with Crippen LogP contribution in [0.2, 0.25) is 0 Å². The van der Waals surface area contributed by atoms with Gasteiger partial charge in [-0.1, -0.05) is 6.07 Å². The third kappa shape index (κ3) is 2.18. The molecule has 0 amide bonds. The summed E-state index contributed by atoms with van der Waals surface area (Å²) in [6.07, 6.45) is 3.94. The van der Waals surface area contributed by atoms with E-state index in [0.29, 0.717) is 11.5 Å². The zero-order valence-corrected chi connectivity index (χ0v) is 11.1. The van der Waals surface area contributed by atoms with Crippen LogP contribution < -0.4 is 5.32 Å². The number of halogens is 1. The number of benzene rings is 1. The van der Waals surface area contributed by atoms with Crippen molar-refractivity contribution in [1.82, 2.24) is 9.97 Å². The fraction of sp³-hybridized carbons (Fsp3) is 0.333. The normalized spacial score (nSPS) is 14.5. The van der Waals surface area contributed by atoms with Crippen LogP contribution in [0, 0.1) is 12.7 Å². The van der Waals surface area contributed by atoms with Gasteiger partial charge in [-0.05, 0) is 43.0 Å². The SMILES string of the molecule is CNc1ncnc(C2CC2)c1-c1ccc(F)c(C)c1. The van der Waals surface area contributed by atoms with E-state index in [1.54, 1.807) is 19.3 Å². The van der Waals surface area contributed by atoms with Gasteiger partial charge < -0.3 is 5.32 Å². The molecule has 0 unspecified atom stereocenters. The summed E-state index contributed by atoms with van der Waals surface area (Å²) in [4.78, 5) is 8.71. The Bertz CT molecular complexity index is 621. The lowest BCUT2D eigenvalue weighted by Crippen LogP contribution is -2.02. The standard InChI is InChI=1S/C15H16FN3/c1-9-7-11(5-6-12(9)16)13-14(10-3-4-10)18-8-19-15(13)17-2/h5-8,10H,3-4H2,1-2H3,(H,17,18,19). The number of aromatic nitrogens is 2. The molecule has 1 aliphatic carbocycles. The number of rotatable bonds is 3. The minimum atomic E-state index is -0.181. The van der Waals surface area contributed by atoms with Gasteiger partial charge in [-0.2, -0.15) is 0 Å². The van der Waals surface area contributed by atoms with E-state index in [0.717, 1.165) is 22.6 Å². The van der Waals surface area contributed by atoms with E-state index < -0.39 is 0 Å². The van der Waals surface area contributed by atoms with E-state index in [1.807, 2.05) is 13.1 Å². The number of anilines is 1. The van der Waals surface area contributed by atoms with Crippen molar-refractivity contribution in [3.8, 4) is 11.1 Å². The molecular formula is C15H16FN3. The summed E-state index contributed by atoms with van der Waals surface area (Å²) in [6, 6.07) is 5.17. The van der Waals surface area contributed by atoms with Gasteiger partial charge in [0, 0.05) is 18.5 Å². The van der Waals surface area contributed by atoms with Crippen molar-refractivity contribution in [3.05, 3.63) is 41.6 Å². The third-order valence-corrected chi connectivity index (χ3v) is 3.52. The maximum Gasteiger partial charge on any atom is 0.137 e. The highest BCUT2D eigenvalue weighted by Gasteiger charge is 2.29. The largest absolute Gasteiger partial charge is 0.373 e. The Labute approximate surface area is 111 Å². The first-order valence-corrected chi connectivity index (χ1v) is 6.50. The van der Waals surface area contributed by atoms with Crippen molar-refractivity contribution in [2.24, 2.45) is 0 Å². The summed E-state index contributed by atoms with van der Waals surface area (Å²) in [5.41, 5.74) is 3.71. The van der Waals surface area contributed by atoms with Gasteiger partial charge in [0.1, 0.15) is 18.0 Å². The second-order valence-corrected chi connectivity index (χ2v) is 4.97. The van der Waals surface area contributed by atoms with E-state index in [-0.39, 0.29) is 5.82 Å². The van der Waals surface area contributed by atoms with Gasteiger partial charge in [0.15, 0.2) is 0 Å². The highest BCUT2D eigenvalue weighted by Crippen LogP contribution is 2.45. The first kappa shape index (κ1) is 12.1. The molecule has 2 aromatic rings. The maximum atomic E-state index is 13.4. The number of nitrogens with zero attached hydrogens (tertiary/aromatic N) is 2. The molecule has 0 saturated heterocycles. The summed E-state index contributed by atoms with van der Waals surface area (Å²) < 4.78 is 13.4. The van der Waals surface area contributed by atoms with Crippen molar-refractivity contribution in [2.75, 3.05) is 12.4 Å². The molecule has 3 rings (SSSR count). The number of hydrogen-bond donors (Lipinski definition) is 1. The van der Waals surface area contributed by atoms with Gasteiger partial charge in [0.2, 0.25) is 0 Å². The van der Waals surface area contributed by atoms with Crippen molar-refractivity contribution >= 4 is 5.82 Å². The van der Waals surface area contributed by atoms with E-state index in [4.69, 9.17) is 0 Å². The predicted octanol–water partition coefficient (Wildman–Crippen LogP) is 3.51. The van der Waals surface area contributed by atoms with Crippen LogP contribution in [-0.2, 0) is 0 Å². The zero-order valence-electron chi connectivity index (χ0n) is 11.1. The Hall–Kier alpha value is -1.97. The first-order chi connectivity index (χ1) is 9.20. The molecule has 0 spiro atoms. The topological polar surface area (TPSA) is 37.8 Å². The minimum absolute atomic E-state index is 0.181. The van der Waals surface area contributed by atoms with Crippen LogP contribution in [0.3, 0.4) is 0 Å². The molecule has 1 aromatic carbocycles. The lowest BCUT2D eigenvalue weighted by atomic mass is 10.00. The number of aryl methyl sites for hydroxylation is 1. The summed E-state index contributed by atoms with van der Waals surface area (Å²) in [7, 11) is 1.85. The molecule has 3 nitrogen and oxygen atoms in total. The summed E-state index contributed by atoms with van der Waals surface area (Å²) >= 11 is 0. The summed E-state index contributed by atoms with van der Waals surface area (Å²) in [6.45, 7) is 1.78. The lowest BCUT2D eigenvalue weighted by Gasteiger charge is -2.13. The second-order valence-electron chi connectivity index (χ2n) is 4.97. The number of nitrogens with one attached hydrogen (secondary N) is 1. The molecule has 1 heterocycles. The molecule has 19 heavy (non-hydrogen) atoms. The van der Waals surface area contributed by atoms with E-state index >= 15 is 0 Å². The Morgan fingerprint density at radius 2 is 2.05 bits per heavy atom. The molecular weight excluding hydrogens is 241 g/mol. The second kappa shape index (κ2) is 4.61. The van der Waals surface area contributed by atoms with Crippen LogP contribution in [0.15, 0.2) is 24.5 Å². The summed E-state index contributed by atoms with van der Waals surface area (Å²) in [5.74, 6) is 1.15. The van der Waals surface area contributed by atoms with Crippen LogP contribution in [-0.4, -0.2) is 17.0 Å². The highest BCUT2D eigenvalue weighted by molar-refractivity contribution is 5.78. The summed E-state index contributed by atoms with van der Waals surface area (Å²) in [5, 5.41) is 3.11. The molecule has 4 heteroatoms. The van der Waals surface area contributed by atoms with Gasteiger partial charge in [-0.3, -0.25) is 0 Å². The van der Waals surface area contributed by atoms with Crippen LogP contribution in [0.25, 0.3) is 11.1 Å². The average molecular weight is 257 g/mol. The van der Waals surface area contributed by atoms with E-state index in [2.05, 4.69) is 15.3 Å². The Morgan fingerprint density at radius 1 is 1.26 bits per heavy atom. The quantitative estimate of drug-likeness (QED) is 0.914. The fourth-order valence-corrected chi connectivity index (χ4v) is 2.34. The zero-order chi connectivity index (χ0) is 13.4. The Morgan fingerprint density at radius 3 is 2.68 bits per heavy atom. The van der Waals surface area contributed by atoms with Gasteiger partial charge in [0.25, 0.3) is 0 Å². The van der Waals surface area contributed by atoms with E-state index in [1.165, 1.54) is 18.9 Å². The molecule has 0 bridgehead atoms. The Balaban J connectivity index is 2.18. The molecule has 1 aliphatic rings. The third-order valence-electron chi connectivity index (χ3n) is 3.52. The van der Waals surface area contributed by atoms with Crippen molar-refractivity contribution in [3.63, 3.8) is 0 Å². The smallest absolute Gasteiger partial charge is 0.137 e. The van der Waals surface area contributed by atoms with Gasteiger partial charge in [0.05, 0.1) is 5.69 Å². The predicted molar refractivity (Wildman–Crippen MR) is 73.7 cm³/mol. The minimum Gasteiger partial charge on any atom is -0.373 e. The fourth-order valence-electron chi connectivity index (χ4n) is 2.34. The van der Waals surface area contributed by atoms with Gasteiger partial charge >= 0.3 is 0 Å². The van der Waals surface area contributed by atoms with Crippen LogP contribution in [0.1, 0.15) is 30.0 Å². The monoisotopic (exact) mass is 257 g/mol. The van der Waals surface area contributed by atoms with Crippen molar-refractivity contribution in [1.29, 1.82) is 0 Å². The van der Waals surface area contributed by atoms with Gasteiger partial charge in [-0.15, -0.1) is 0 Å². The van der Waals surface area contributed by atoms with Crippen molar-refractivity contribution < 1.29 is 4.39 Å². The van der Waals surface area contributed by atoms with Gasteiger partial charge in [-0.25, -0.2) is 14.4 Å². The molecule has 0 atom stereocenters. The molecule has 1 fully saturated rings. The van der Waals surface area contributed by atoms with Crippen LogP contribution >= 0.6 is 0 Å². The maximum absolute atomic E-state index is 13.4. The lowest BCUT2D eigenvalue weighted by molar-refractivity contribution is 0.619. The number of hydrogen-bond acceptors (Lipinski definition) is 3. The van der Waals surface area contributed by atoms with Crippen LogP contribution in [0.5, 0.6) is 0 Å². The molecule has 0 radical (unpaired) electrons.